The molecule has 1 aromatic heterocycles. The number of carbonyl (C=O) groups excluding carboxylic acids is 2. The molecular weight excluding hydrogens is 474 g/mol. The molecule has 1 saturated heterocycles. The molecule has 0 aliphatic carbocycles. The Bertz CT molecular complexity index is 1290. The lowest BCUT2D eigenvalue weighted by molar-refractivity contribution is -0.0319. The predicted molar refractivity (Wildman–Crippen MR) is 127 cm³/mol. The molecule has 0 spiro atoms. The van der Waals surface area contributed by atoms with Gasteiger partial charge in [0.1, 0.15) is 29.1 Å². The number of rotatable bonds is 6. The van der Waals surface area contributed by atoms with Gasteiger partial charge in [-0.2, -0.15) is 0 Å². The zero-order chi connectivity index (χ0) is 26.1. The zero-order valence-corrected chi connectivity index (χ0v) is 20.0. The second kappa shape index (κ2) is 10.1. The molecular formula is C25H28F2N4O5. The molecule has 192 valence electrons. The molecule has 11 heteroatoms. The number of fused-ring (bicyclic) bond motifs is 2. The van der Waals surface area contributed by atoms with Crippen molar-refractivity contribution in [2.24, 2.45) is 0 Å². The Morgan fingerprint density at radius 2 is 2.03 bits per heavy atom. The van der Waals surface area contributed by atoms with Gasteiger partial charge >= 0.3 is 0 Å². The van der Waals surface area contributed by atoms with Crippen LogP contribution in [0, 0.1) is 11.6 Å². The average Bonchev–Trinajstić information content (AvgIpc) is 2.82. The Morgan fingerprint density at radius 3 is 2.72 bits per heavy atom. The molecule has 36 heavy (non-hydrogen) atoms. The molecule has 0 radical (unpaired) electrons. The maximum absolute atomic E-state index is 13.9. The van der Waals surface area contributed by atoms with E-state index >= 15 is 0 Å². The average molecular weight is 503 g/mol. The number of aliphatic hydroxyl groups is 1. The van der Waals surface area contributed by atoms with Gasteiger partial charge < -0.3 is 25.0 Å². The Labute approximate surface area is 206 Å². The summed E-state index contributed by atoms with van der Waals surface area (Å²) >= 11 is 0. The number of carbonyl (C=O) groups is 2. The van der Waals surface area contributed by atoms with E-state index in [1.165, 1.54) is 16.8 Å². The molecule has 2 unspecified atom stereocenters. The third-order valence-corrected chi connectivity index (χ3v) is 6.61. The molecule has 2 aromatic rings. The molecule has 9 nitrogen and oxygen atoms in total. The topological polar surface area (TPSA) is 115 Å². The molecule has 1 fully saturated rings. The van der Waals surface area contributed by atoms with Crippen LogP contribution in [0.4, 0.5) is 8.78 Å². The van der Waals surface area contributed by atoms with E-state index in [1.54, 1.807) is 11.0 Å². The number of pyridine rings is 1. The van der Waals surface area contributed by atoms with E-state index in [0.717, 1.165) is 6.07 Å². The molecule has 2 aliphatic heterocycles. The standard InChI is InChI=1S/C25H28F2N4O5/c1-3-4-17(32)11-29-8-7-14(2)31-20(29)13-30-12-18(22(33)23(34)21(30)25(31)36)24(35)28-10-15-5-6-16(26)9-19(15)27/h4-6,9,12,14,20,32,34H,3,7-8,10-11,13H2,1-2H3,(H,28,35)/b17-4-. The van der Waals surface area contributed by atoms with Crippen LogP contribution in [0.2, 0.25) is 0 Å². The van der Waals surface area contributed by atoms with Crippen LogP contribution in [0.1, 0.15) is 53.1 Å². The lowest BCUT2D eigenvalue weighted by Crippen LogP contribution is -2.64. The minimum atomic E-state index is -1.02. The molecule has 1 aromatic carbocycles. The number of aromatic hydroxyl groups is 1. The van der Waals surface area contributed by atoms with Gasteiger partial charge in [0.25, 0.3) is 11.8 Å². The van der Waals surface area contributed by atoms with Crippen molar-refractivity contribution in [1.29, 1.82) is 0 Å². The van der Waals surface area contributed by atoms with E-state index < -0.39 is 46.4 Å². The molecule has 4 rings (SSSR count). The van der Waals surface area contributed by atoms with Crippen LogP contribution in [0.5, 0.6) is 5.75 Å². The van der Waals surface area contributed by atoms with Crippen LogP contribution >= 0.6 is 0 Å². The van der Waals surface area contributed by atoms with E-state index in [0.29, 0.717) is 25.5 Å². The number of allylic oxidation sites excluding steroid dienone is 1. The summed E-state index contributed by atoms with van der Waals surface area (Å²) < 4.78 is 28.4. The van der Waals surface area contributed by atoms with Crippen molar-refractivity contribution >= 4 is 11.8 Å². The number of hydrogen-bond acceptors (Lipinski definition) is 6. The monoisotopic (exact) mass is 502 g/mol. The first-order valence-corrected chi connectivity index (χ1v) is 11.8. The second-order valence-corrected chi connectivity index (χ2v) is 9.04. The number of nitrogens with zero attached hydrogens (tertiary/aromatic N) is 3. The summed E-state index contributed by atoms with van der Waals surface area (Å²) in [6, 6.07) is 2.75. The Balaban J connectivity index is 1.64. The van der Waals surface area contributed by atoms with Gasteiger partial charge in [0, 0.05) is 37.0 Å². The number of aromatic nitrogens is 1. The lowest BCUT2D eigenvalue weighted by Gasteiger charge is -2.50. The van der Waals surface area contributed by atoms with E-state index in [-0.39, 0.29) is 42.7 Å². The van der Waals surface area contributed by atoms with Gasteiger partial charge in [0.2, 0.25) is 5.43 Å². The van der Waals surface area contributed by atoms with Crippen molar-refractivity contribution in [2.75, 3.05) is 13.1 Å². The fourth-order valence-corrected chi connectivity index (χ4v) is 4.76. The van der Waals surface area contributed by atoms with Crippen molar-refractivity contribution < 1.29 is 28.6 Å². The SMILES string of the molecule is CC/C=C(\O)CN1CCC(C)N2C(=O)c3c(O)c(=O)c(C(=O)NCc4ccc(F)cc4F)cn3CC12. The lowest BCUT2D eigenvalue weighted by atomic mass is 10.0. The zero-order valence-electron chi connectivity index (χ0n) is 20.0. The highest BCUT2D eigenvalue weighted by Crippen LogP contribution is 2.31. The molecule has 0 bridgehead atoms. The number of aliphatic hydroxyl groups excluding tert-OH is 1. The van der Waals surface area contributed by atoms with Gasteiger partial charge in [-0.1, -0.05) is 13.0 Å². The number of amides is 2. The molecule has 0 saturated carbocycles. The molecule has 2 atom stereocenters. The van der Waals surface area contributed by atoms with E-state index in [2.05, 4.69) is 5.32 Å². The third kappa shape index (κ3) is 4.70. The number of halogens is 2. The fraction of sp³-hybridized carbons (Fsp3) is 0.400. The van der Waals surface area contributed by atoms with Crippen LogP contribution in [-0.4, -0.2) is 61.7 Å². The minimum absolute atomic E-state index is 0.0182. The number of nitrogens with one attached hydrogen (secondary N) is 1. The maximum atomic E-state index is 13.9. The van der Waals surface area contributed by atoms with Gasteiger partial charge in [-0.25, -0.2) is 8.78 Å². The second-order valence-electron chi connectivity index (χ2n) is 9.04. The summed E-state index contributed by atoms with van der Waals surface area (Å²) in [4.78, 5) is 42.5. The molecule has 2 amide bonds. The minimum Gasteiger partial charge on any atom is -0.511 e. The molecule has 3 N–H and O–H groups in total. The van der Waals surface area contributed by atoms with Gasteiger partial charge in [-0.15, -0.1) is 0 Å². The van der Waals surface area contributed by atoms with Crippen LogP contribution in [-0.2, 0) is 13.1 Å². The fourth-order valence-electron chi connectivity index (χ4n) is 4.76. The summed E-state index contributed by atoms with van der Waals surface area (Å²) in [6.07, 6.45) is 3.74. The highest BCUT2D eigenvalue weighted by molar-refractivity contribution is 5.99. The van der Waals surface area contributed by atoms with Crippen LogP contribution in [0.25, 0.3) is 0 Å². The first-order chi connectivity index (χ1) is 17.1. The maximum Gasteiger partial charge on any atom is 0.276 e. The Kier molecular flexibility index (Phi) is 7.11. The van der Waals surface area contributed by atoms with Gasteiger partial charge in [-0.3, -0.25) is 19.3 Å². The summed E-state index contributed by atoms with van der Waals surface area (Å²) in [5.41, 5.74) is -1.62. The van der Waals surface area contributed by atoms with Crippen molar-refractivity contribution in [3.63, 3.8) is 0 Å². The highest BCUT2D eigenvalue weighted by Gasteiger charge is 2.43. The predicted octanol–water partition coefficient (Wildman–Crippen LogP) is 2.49. The van der Waals surface area contributed by atoms with Crippen LogP contribution in [0.3, 0.4) is 0 Å². The van der Waals surface area contributed by atoms with E-state index in [1.807, 2.05) is 18.7 Å². The summed E-state index contributed by atoms with van der Waals surface area (Å²) in [5.74, 6) is -3.68. The smallest absolute Gasteiger partial charge is 0.276 e. The summed E-state index contributed by atoms with van der Waals surface area (Å²) in [5, 5.41) is 23.3. The van der Waals surface area contributed by atoms with Gasteiger partial charge in [0.15, 0.2) is 11.4 Å². The van der Waals surface area contributed by atoms with Gasteiger partial charge in [0.05, 0.1) is 13.1 Å². The Morgan fingerprint density at radius 1 is 1.28 bits per heavy atom. The first kappa shape index (κ1) is 25.4. The van der Waals surface area contributed by atoms with Crippen molar-refractivity contribution in [3.8, 4) is 5.75 Å². The van der Waals surface area contributed by atoms with E-state index in [4.69, 9.17) is 0 Å². The largest absolute Gasteiger partial charge is 0.511 e. The van der Waals surface area contributed by atoms with Crippen LogP contribution < -0.4 is 10.7 Å². The quantitative estimate of drug-likeness (QED) is 0.523. The molecule has 3 heterocycles. The highest BCUT2D eigenvalue weighted by atomic mass is 19.1. The first-order valence-electron chi connectivity index (χ1n) is 11.8. The summed E-state index contributed by atoms with van der Waals surface area (Å²) in [7, 11) is 0. The van der Waals surface area contributed by atoms with Gasteiger partial charge in [-0.05, 0) is 31.9 Å². The van der Waals surface area contributed by atoms with Crippen molar-refractivity contribution in [3.05, 3.63) is 74.9 Å². The van der Waals surface area contributed by atoms with Crippen molar-refractivity contribution in [1.82, 2.24) is 19.7 Å². The Hall–Kier alpha value is -3.73. The van der Waals surface area contributed by atoms with E-state index in [9.17, 15) is 33.4 Å². The normalized spacial score (nSPS) is 20.2. The number of benzene rings is 1. The van der Waals surface area contributed by atoms with Crippen molar-refractivity contribution in [2.45, 2.75) is 52.0 Å². The molecule has 2 aliphatic rings. The third-order valence-electron chi connectivity index (χ3n) is 6.61. The number of hydrogen-bond donors (Lipinski definition) is 3. The summed E-state index contributed by atoms with van der Waals surface area (Å²) in [6.45, 7) is 4.48. The van der Waals surface area contributed by atoms with Crippen LogP contribution in [0.15, 0.2) is 41.0 Å².